The van der Waals surface area contributed by atoms with Gasteiger partial charge < -0.3 is 34.5 Å². The zero-order chi connectivity index (χ0) is 38.8. The van der Waals surface area contributed by atoms with E-state index in [1.165, 1.54) is 16.7 Å². The van der Waals surface area contributed by atoms with Crippen LogP contribution in [0, 0.1) is 0 Å². The van der Waals surface area contributed by atoms with Crippen molar-refractivity contribution < 1.29 is 42.9 Å². The van der Waals surface area contributed by atoms with E-state index >= 15 is 0 Å². The molecule has 3 aromatic rings. The Bertz CT molecular complexity index is 1960. The second-order valence-electron chi connectivity index (χ2n) is 15.0. The highest BCUT2D eigenvalue weighted by Gasteiger charge is 2.57. The van der Waals surface area contributed by atoms with Crippen LogP contribution in [0.4, 0.5) is 9.59 Å². The third kappa shape index (κ3) is 8.62. The molecule has 3 aliphatic heterocycles. The van der Waals surface area contributed by atoms with E-state index in [0.29, 0.717) is 46.4 Å². The molecule has 0 spiro atoms. The standard InChI is InChI=1S/C41H43N3O9S/c1-40(2,3)52-38(48)43-31-35(46)44-32(37(47)51-33(24-14-9-7-10-15-24)25-16-11-8-12-17-25)29(23-54-36(31)44)30(28-20-21-42-34(28)45)26-18-13-19-27(22-26)50-39(49)53-41(4,5)6/h7-19,22-23,31-33,36H,20-21H2,1-6H3,(H,42,45)(H,43,48)/t31-,32-,36-/m1/s1. The summed E-state index contributed by atoms with van der Waals surface area (Å²) in [4.78, 5) is 69.1. The molecule has 3 heterocycles. The minimum absolute atomic E-state index is 0.147. The van der Waals surface area contributed by atoms with Gasteiger partial charge >= 0.3 is 18.2 Å². The molecule has 3 aromatic carbocycles. The summed E-state index contributed by atoms with van der Waals surface area (Å²) in [6.45, 7) is 10.7. The summed E-state index contributed by atoms with van der Waals surface area (Å²) in [6.07, 6.45) is -2.19. The molecule has 13 heteroatoms. The molecule has 3 atom stereocenters. The molecule has 0 saturated carbocycles. The van der Waals surface area contributed by atoms with Gasteiger partial charge in [0, 0.05) is 17.7 Å². The van der Waals surface area contributed by atoms with Gasteiger partial charge in [-0.25, -0.2) is 14.4 Å². The van der Waals surface area contributed by atoms with E-state index in [1.54, 1.807) is 71.2 Å². The van der Waals surface area contributed by atoms with Crippen molar-refractivity contribution in [2.24, 2.45) is 0 Å². The molecular formula is C41H43N3O9S. The van der Waals surface area contributed by atoms with Gasteiger partial charge in [-0.1, -0.05) is 72.8 Å². The lowest BCUT2D eigenvalue weighted by Gasteiger charge is -2.52. The minimum atomic E-state index is -1.33. The number of fused-ring (bicyclic) bond motifs is 1. The second kappa shape index (κ2) is 15.4. The molecule has 54 heavy (non-hydrogen) atoms. The van der Waals surface area contributed by atoms with Crippen molar-refractivity contribution in [1.29, 1.82) is 0 Å². The predicted molar refractivity (Wildman–Crippen MR) is 202 cm³/mol. The molecule has 2 fully saturated rings. The first-order valence-electron chi connectivity index (χ1n) is 17.6. The normalized spacial score (nSPS) is 20.5. The van der Waals surface area contributed by atoms with E-state index in [4.69, 9.17) is 18.9 Å². The topological polar surface area (TPSA) is 150 Å². The van der Waals surface area contributed by atoms with Gasteiger partial charge in [-0.15, -0.1) is 11.8 Å². The fourth-order valence-corrected chi connectivity index (χ4v) is 7.62. The van der Waals surface area contributed by atoms with Crippen LogP contribution in [0.15, 0.2) is 101 Å². The molecule has 3 amide bonds. The number of rotatable bonds is 8. The van der Waals surface area contributed by atoms with Crippen LogP contribution < -0.4 is 15.4 Å². The summed E-state index contributed by atoms with van der Waals surface area (Å²) in [7, 11) is 0. The van der Waals surface area contributed by atoms with Crippen LogP contribution in [0.2, 0.25) is 0 Å². The fraction of sp³-hybridized carbons (Fsp3) is 0.341. The number of ether oxygens (including phenoxy) is 4. The lowest BCUT2D eigenvalue weighted by molar-refractivity contribution is -0.164. The van der Waals surface area contributed by atoms with Crippen LogP contribution in [-0.4, -0.2) is 70.1 Å². The van der Waals surface area contributed by atoms with E-state index in [9.17, 15) is 24.0 Å². The van der Waals surface area contributed by atoms with Crippen LogP contribution in [0.1, 0.15) is 70.8 Å². The summed E-state index contributed by atoms with van der Waals surface area (Å²) in [5.41, 5.74) is 1.40. The molecule has 0 aromatic heterocycles. The van der Waals surface area contributed by atoms with Crippen LogP contribution in [-0.2, 0) is 28.6 Å². The first kappa shape index (κ1) is 38.2. The Hall–Kier alpha value is -5.56. The zero-order valence-electron chi connectivity index (χ0n) is 30.9. The van der Waals surface area contributed by atoms with Crippen molar-refractivity contribution in [3.05, 3.63) is 118 Å². The molecule has 0 unspecified atom stereocenters. The lowest BCUT2D eigenvalue weighted by Crippen LogP contribution is -2.74. The Morgan fingerprint density at radius 3 is 2.06 bits per heavy atom. The highest BCUT2D eigenvalue weighted by atomic mass is 32.2. The molecule has 0 aliphatic carbocycles. The minimum Gasteiger partial charge on any atom is -0.451 e. The average Bonchev–Trinajstić information content (AvgIpc) is 3.53. The van der Waals surface area contributed by atoms with Crippen molar-refractivity contribution in [1.82, 2.24) is 15.5 Å². The third-order valence-electron chi connectivity index (χ3n) is 8.56. The first-order valence-corrected chi connectivity index (χ1v) is 18.5. The predicted octanol–water partition coefficient (Wildman–Crippen LogP) is 6.67. The van der Waals surface area contributed by atoms with Gasteiger partial charge in [0.05, 0.1) is 0 Å². The molecular weight excluding hydrogens is 711 g/mol. The van der Waals surface area contributed by atoms with Crippen LogP contribution >= 0.6 is 11.8 Å². The quantitative estimate of drug-likeness (QED) is 0.0840. The lowest BCUT2D eigenvalue weighted by atomic mass is 9.86. The van der Waals surface area contributed by atoms with Gasteiger partial charge in [-0.05, 0) is 87.8 Å². The molecule has 2 N–H and O–H groups in total. The van der Waals surface area contributed by atoms with Gasteiger partial charge in [-0.2, -0.15) is 0 Å². The maximum absolute atomic E-state index is 14.8. The van der Waals surface area contributed by atoms with Crippen LogP contribution in [0.5, 0.6) is 5.75 Å². The second-order valence-corrected chi connectivity index (χ2v) is 16.0. The summed E-state index contributed by atoms with van der Waals surface area (Å²) in [5, 5.41) is 6.55. The Balaban J connectivity index is 1.43. The highest BCUT2D eigenvalue weighted by Crippen LogP contribution is 2.47. The molecule has 2 saturated heterocycles. The van der Waals surface area contributed by atoms with Gasteiger partial charge in [0.25, 0.3) is 0 Å². The van der Waals surface area contributed by atoms with Crippen molar-refractivity contribution in [2.45, 2.75) is 82.7 Å². The number of thioether (sulfide) groups is 1. The van der Waals surface area contributed by atoms with Gasteiger partial charge in [0.15, 0.2) is 12.1 Å². The molecule has 3 aliphatic rings. The van der Waals surface area contributed by atoms with Crippen LogP contribution in [0.3, 0.4) is 0 Å². The van der Waals surface area contributed by atoms with E-state index in [1.807, 2.05) is 60.7 Å². The van der Waals surface area contributed by atoms with Crippen LogP contribution in [0.25, 0.3) is 5.57 Å². The number of alkyl carbamates (subject to hydrolysis) is 1. The summed E-state index contributed by atoms with van der Waals surface area (Å²) in [6, 6.07) is 22.7. The van der Waals surface area contributed by atoms with E-state index in [0.717, 1.165) is 0 Å². The number of hydrogen-bond donors (Lipinski definition) is 2. The number of amides is 3. The summed E-state index contributed by atoms with van der Waals surface area (Å²) >= 11 is 1.22. The summed E-state index contributed by atoms with van der Waals surface area (Å²) < 4.78 is 22.7. The zero-order valence-corrected chi connectivity index (χ0v) is 31.7. The maximum Gasteiger partial charge on any atom is 0.514 e. The van der Waals surface area contributed by atoms with Gasteiger partial charge in [-0.3, -0.25) is 9.59 Å². The SMILES string of the molecule is CC(C)(C)OC(=O)N[C@@H]1C(=O)N2[C@@H](C(=O)OC(c3ccccc3)c3ccccc3)C(C(=C3CCNC3=O)c3cccc(OC(=O)OC(C)(C)C)c3)=CS[C@H]12. The number of carbonyl (C=O) groups excluding carboxylic acids is 5. The maximum atomic E-state index is 14.8. The first-order chi connectivity index (χ1) is 25.6. The fourth-order valence-electron chi connectivity index (χ4n) is 6.39. The number of esters is 1. The molecule has 0 radical (unpaired) electrons. The monoisotopic (exact) mass is 753 g/mol. The number of benzene rings is 3. The number of hydrogen-bond acceptors (Lipinski definition) is 10. The number of nitrogens with one attached hydrogen (secondary N) is 2. The van der Waals surface area contributed by atoms with E-state index < -0.39 is 58.9 Å². The molecule has 282 valence electrons. The largest absolute Gasteiger partial charge is 0.514 e. The average molecular weight is 754 g/mol. The number of β-lactam (4-membered cyclic amide) rings is 1. The molecule has 12 nitrogen and oxygen atoms in total. The van der Waals surface area contributed by atoms with Gasteiger partial charge in [0.1, 0.15) is 28.4 Å². The van der Waals surface area contributed by atoms with Gasteiger partial charge in [0.2, 0.25) is 11.8 Å². The van der Waals surface area contributed by atoms with Crippen molar-refractivity contribution in [2.75, 3.05) is 6.54 Å². The van der Waals surface area contributed by atoms with Crippen molar-refractivity contribution in [3.8, 4) is 5.75 Å². The smallest absolute Gasteiger partial charge is 0.451 e. The van der Waals surface area contributed by atoms with Crippen molar-refractivity contribution in [3.63, 3.8) is 0 Å². The Morgan fingerprint density at radius 2 is 1.48 bits per heavy atom. The number of carbonyl (C=O) groups is 5. The summed E-state index contributed by atoms with van der Waals surface area (Å²) in [5.74, 6) is -1.46. The Morgan fingerprint density at radius 1 is 0.852 bits per heavy atom. The third-order valence-corrected chi connectivity index (χ3v) is 9.73. The van der Waals surface area contributed by atoms with E-state index in [-0.39, 0.29) is 11.7 Å². The highest BCUT2D eigenvalue weighted by molar-refractivity contribution is 8.03. The Kier molecular flexibility index (Phi) is 10.9. The molecule has 0 bridgehead atoms. The molecule has 6 rings (SSSR count). The van der Waals surface area contributed by atoms with Crippen molar-refractivity contribution >= 4 is 47.4 Å². The van der Waals surface area contributed by atoms with E-state index in [2.05, 4.69) is 10.6 Å². The number of nitrogens with zero attached hydrogens (tertiary/aromatic N) is 1. The Labute approximate surface area is 318 Å².